The standard InChI is InChI=1S/C90H68N4/c1-7-19-67(20-8-1)71-35-51-83(52-36-71)91(79-23-11-3-12-24-79)87-59-43-75(44-60-87)77-47-63-89(64-48-77)93(81-27-15-5-16-28-81)85-55-39-73(40-56-85)69-31-33-70(34-32-69)74-41-57-86(58-42-74)94(82-29-17-6-18-30-82)90-65-49-78(50-66-90)76-45-61-88(62-46-76)92(80-25-13-4-14-26-80)84-53-37-72(38-54-84)68-21-9-2-10-22-68/h1-9,11-21,23-66H,10,22H2. The molecular formula is C90H68N4. The van der Waals surface area contributed by atoms with Gasteiger partial charge in [0, 0.05) is 68.2 Å². The first kappa shape index (κ1) is 58.2. The van der Waals surface area contributed by atoms with E-state index in [0.717, 1.165) is 126 Å². The third-order valence-corrected chi connectivity index (χ3v) is 17.8. The fraction of sp³-hybridized carbons (Fsp3) is 0.0222. The normalized spacial score (nSPS) is 11.8. The molecule has 0 N–H and O–H groups in total. The van der Waals surface area contributed by atoms with Gasteiger partial charge in [0.1, 0.15) is 0 Å². The molecule has 0 aliphatic heterocycles. The van der Waals surface area contributed by atoms with Crippen molar-refractivity contribution in [3.63, 3.8) is 0 Å². The van der Waals surface area contributed by atoms with Crippen molar-refractivity contribution in [2.45, 2.75) is 12.8 Å². The quantitative estimate of drug-likeness (QED) is 0.0849. The second kappa shape index (κ2) is 27.1. The van der Waals surface area contributed by atoms with Crippen LogP contribution in [-0.4, -0.2) is 0 Å². The average Bonchev–Trinajstić information content (AvgIpc) is 1.07. The molecule has 0 bridgehead atoms. The summed E-state index contributed by atoms with van der Waals surface area (Å²) < 4.78 is 0. The molecule has 0 aromatic heterocycles. The van der Waals surface area contributed by atoms with Crippen LogP contribution in [0, 0.1) is 0 Å². The van der Waals surface area contributed by atoms with Crippen LogP contribution < -0.4 is 19.6 Å². The first-order valence-corrected chi connectivity index (χ1v) is 32.3. The van der Waals surface area contributed by atoms with E-state index in [2.05, 4.69) is 408 Å². The maximum atomic E-state index is 2.33. The van der Waals surface area contributed by atoms with Crippen LogP contribution in [0.15, 0.2) is 388 Å². The van der Waals surface area contributed by atoms with E-state index in [9.17, 15) is 0 Å². The number of para-hydroxylation sites is 4. The summed E-state index contributed by atoms with van der Waals surface area (Å²) in [6.07, 6.45) is 8.82. The van der Waals surface area contributed by atoms with E-state index >= 15 is 0 Å². The molecule has 0 saturated heterocycles. The molecule has 0 fully saturated rings. The van der Waals surface area contributed by atoms with Gasteiger partial charge >= 0.3 is 0 Å². The highest BCUT2D eigenvalue weighted by Gasteiger charge is 2.19. The van der Waals surface area contributed by atoms with Crippen LogP contribution in [-0.2, 0) is 0 Å². The SMILES string of the molecule is C1=CCCC(c2ccc(N(c3ccccc3)c3ccc(-c4ccc(N(c5ccccc5)c5ccc(-c6ccc(-c7ccc(N(c8ccccc8)c8ccc(-c9ccc(N(c%10ccccc%10)c%10ccc(-c%11ccccc%11)cc%10)cc9)cc8)cc7)cc6)cc5)cc4)cc3)cc2)=C1. The molecule has 94 heavy (non-hydrogen) atoms. The van der Waals surface area contributed by atoms with Crippen molar-refractivity contribution in [1.29, 1.82) is 0 Å². The minimum absolute atomic E-state index is 1.08. The van der Waals surface area contributed by atoms with E-state index in [1.54, 1.807) is 0 Å². The molecular weight excluding hydrogens is 1140 g/mol. The Morgan fingerprint density at radius 1 is 0.160 bits per heavy atom. The molecule has 0 atom stereocenters. The first-order chi connectivity index (χ1) is 46.6. The minimum atomic E-state index is 1.08. The molecule has 0 heterocycles. The van der Waals surface area contributed by atoms with Gasteiger partial charge in [-0.1, -0.05) is 243 Å². The lowest BCUT2D eigenvalue weighted by molar-refractivity contribution is 1.05. The number of benzene rings is 14. The largest absolute Gasteiger partial charge is 0.311 e. The van der Waals surface area contributed by atoms with E-state index < -0.39 is 0 Å². The van der Waals surface area contributed by atoms with E-state index in [1.165, 1.54) is 22.3 Å². The Bertz CT molecular complexity index is 4830. The molecule has 448 valence electrons. The third-order valence-electron chi connectivity index (χ3n) is 17.8. The molecule has 14 aromatic carbocycles. The summed E-state index contributed by atoms with van der Waals surface area (Å²) in [5.41, 5.74) is 27.6. The minimum Gasteiger partial charge on any atom is -0.311 e. The van der Waals surface area contributed by atoms with Crippen LogP contribution in [0.4, 0.5) is 68.2 Å². The van der Waals surface area contributed by atoms with Crippen molar-refractivity contribution in [3.8, 4) is 55.6 Å². The Hall–Kier alpha value is -12.2. The van der Waals surface area contributed by atoms with Crippen molar-refractivity contribution in [2.24, 2.45) is 0 Å². The molecule has 0 radical (unpaired) electrons. The van der Waals surface area contributed by atoms with Crippen LogP contribution >= 0.6 is 0 Å². The number of allylic oxidation sites excluding steroid dienone is 4. The molecule has 0 amide bonds. The van der Waals surface area contributed by atoms with Gasteiger partial charge in [0.15, 0.2) is 0 Å². The summed E-state index contributed by atoms with van der Waals surface area (Å²) in [5.74, 6) is 0. The summed E-state index contributed by atoms with van der Waals surface area (Å²) in [5, 5.41) is 0. The van der Waals surface area contributed by atoms with Gasteiger partial charge in [-0.2, -0.15) is 0 Å². The van der Waals surface area contributed by atoms with Gasteiger partial charge in [0.2, 0.25) is 0 Å². The molecule has 0 saturated carbocycles. The summed E-state index contributed by atoms with van der Waals surface area (Å²) in [6.45, 7) is 0. The molecule has 1 aliphatic rings. The lowest BCUT2D eigenvalue weighted by Crippen LogP contribution is -2.10. The van der Waals surface area contributed by atoms with Gasteiger partial charge in [-0.15, -0.1) is 0 Å². The number of hydrogen-bond donors (Lipinski definition) is 0. The number of hydrogen-bond acceptors (Lipinski definition) is 4. The van der Waals surface area contributed by atoms with Gasteiger partial charge in [-0.25, -0.2) is 0 Å². The molecule has 0 unspecified atom stereocenters. The van der Waals surface area contributed by atoms with Crippen LogP contribution in [0.5, 0.6) is 0 Å². The van der Waals surface area contributed by atoms with Crippen molar-refractivity contribution < 1.29 is 0 Å². The van der Waals surface area contributed by atoms with E-state index in [-0.39, 0.29) is 0 Å². The Morgan fingerprint density at radius 3 is 0.532 bits per heavy atom. The first-order valence-electron chi connectivity index (χ1n) is 32.3. The fourth-order valence-corrected chi connectivity index (χ4v) is 12.9. The monoisotopic (exact) mass is 1200 g/mol. The number of anilines is 12. The Kier molecular flexibility index (Phi) is 16.7. The van der Waals surface area contributed by atoms with Gasteiger partial charge in [0.05, 0.1) is 0 Å². The van der Waals surface area contributed by atoms with Crippen molar-refractivity contribution in [3.05, 3.63) is 394 Å². The summed E-state index contributed by atoms with van der Waals surface area (Å²) >= 11 is 0. The molecule has 15 rings (SSSR count). The highest BCUT2D eigenvalue weighted by molar-refractivity contribution is 5.86. The van der Waals surface area contributed by atoms with Crippen LogP contribution in [0.25, 0.3) is 61.2 Å². The summed E-state index contributed by atoms with van der Waals surface area (Å²) in [6, 6.07) is 133. The second-order valence-corrected chi connectivity index (χ2v) is 23.7. The van der Waals surface area contributed by atoms with Crippen LogP contribution in [0.3, 0.4) is 0 Å². The second-order valence-electron chi connectivity index (χ2n) is 23.7. The van der Waals surface area contributed by atoms with Gasteiger partial charge in [0.25, 0.3) is 0 Å². The number of nitrogens with zero attached hydrogens (tertiary/aromatic N) is 4. The third kappa shape index (κ3) is 12.7. The number of rotatable bonds is 18. The van der Waals surface area contributed by atoms with E-state index in [0.29, 0.717) is 0 Å². The van der Waals surface area contributed by atoms with Crippen molar-refractivity contribution >= 4 is 73.8 Å². The van der Waals surface area contributed by atoms with Gasteiger partial charge in [-0.3, -0.25) is 0 Å². The van der Waals surface area contributed by atoms with E-state index in [1.807, 2.05) is 0 Å². The van der Waals surface area contributed by atoms with Crippen molar-refractivity contribution in [2.75, 3.05) is 19.6 Å². The summed E-state index contributed by atoms with van der Waals surface area (Å²) in [4.78, 5) is 9.30. The Balaban J connectivity index is 0.627. The fourth-order valence-electron chi connectivity index (χ4n) is 12.9. The van der Waals surface area contributed by atoms with Crippen LogP contribution in [0.2, 0.25) is 0 Å². The van der Waals surface area contributed by atoms with Gasteiger partial charge < -0.3 is 19.6 Å². The zero-order valence-corrected chi connectivity index (χ0v) is 52.2. The molecule has 0 spiro atoms. The smallest absolute Gasteiger partial charge is 0.0462 e. The topological polar surface area (TPSA) is 13.0 Å². The van der Waals surface area contributed by atoms with Crippen molar-refractivity contribution in [1.82, 2.24) is 0 Å². The molecule has 4 heteroatoms. The maximum Gasteiger partial charge on any atom is 0.0462 e. The summed E-state index contributed by atoms with van der Waals surface area (Å²) in [7, 11) is 0. The van der Waals surface area contributed by atoms with Gasteiger partial charge in [-0.05, 0) is 225 Å². The predicted molar refractivity (Wildman–Crippen MR) is 399 cm³/mol. The van der Waals surface area contributed by atoms with Crippen LogP contribution in [0.1, 0.15) is 18.4 Å². The lowest BCUT2D eigenvalue weighted by atomic mass is 9.97. The molecule has 4 nitrogen and oxygen atoms in total. The highest BCUT2D eigenvalue weighted by Crippen LogP contribution is 2.43. The Labute approximate surface area is 552 Å². The highest BCUT2D eigenvalue weighted by atomic mass is 15.2. The lowest BCUT2D eigenvalue weighted by Gasteiger charge is -2.26. The maximum absolute atomic E-state index is 2.33. The molecule has 1 aliphatic carbocycles. The zero-order chi connectivity index (χ0) is 62.8. The zero-order valence-electron chi connectivity index (χ0n) is 52.2. The predicted octanol–water partition coefficient (Wildman–Crippen LogP) is 25.6. The Morgan fingerprint density at radius 2 is 0.330 bits per heavy atom. The average molecular weight is 1210 g/mol. The van der Waals surface area contributed by atoms with E-state index in [4.69, 9.17) is 0 Å². The molecule has 14 aromatic rings.